The SMILES string of the molecule is Cc1csc(-c2cc(F)ccc2C=O)c1. The highest BCUT2D eigenvalue weighted by Crippen LogP contribution is 2.29. The maximum Gasteiger partial charge on any atom is 0.150 e. The fourth-order valence-electron chi connectivity index (χ4n) is 1.42. The normalized spacial score (nSPS) is 10.3. The quantitative estimate of drug-likeness (QED) is 0.706. The van der Waals surface area contributed by atoms with Crippen LogP contribution < -0.4 is 0 Å². The topological polar surface area (TPSA) is 17.1 Å². The highest BCUT2D eigenvalue weighted by molar-refractivity contribution is 7.13. The van der Waals surface area contributed by atoms with Crippen molar-refractivity contribution in [2.75, 3.05) is 0 Å². The van der Waals surface area contributed by atoms with E-state index in [0.717, 1.165) is 16.7 Å². The Hall–Kier alpha value is -1.48. The fourth-order valence-corrected chi connectivity index (χ4v) is 2.36. The Bertz CT molecular complexity index is 502. The number of hydrogen-bond acceptors (Lipinski definition) is 2. The number of aryl methyl sites for hydroxylation is 1. The molecule has 0 unspecified atom stereocenters. The Morgan fingerprint density at radius 1 is 1.33 bits per heavy atom. The molecule has 1 aromatic carbocycles. The zero-order valence-corrected chi connectivity index (χ0v) is 8.98. The van der Waals surface area contributed by atoms with E-state index in [4.69, 9.17) is 0 Å². The molecule has 2 rings (SSSR count). The summed E-state index contributed by atoms with van der Waals surface area (Å²) in [5.41, 5.74) is 2.32. The van der Waals surface area contributed by atoms with E-state index in [1.807, 2.05) is 18.4 Å². The van der Waals surface area contributed by atoms with Crippen molar-refractivity contribution in [2.45, 2.75) is 6.92 Å². The molecule has 15 heavy (non-hydrogen) atoms. The van der Waals surface area contributed by atoms with Gasteiger partial charge in [-0.15, -0.1) is 11.3 Å². The lowest BCUT2D eigenvalue weighted by molar-refractivity contribution is 0.112. The molecule has 0 aliphatic rings. The molecule has 1 heterocycles. The summed E-state index contributed by atoms with van der Waals surface area (Å²) in [6.07, 6.45) is 0.754. The molecule has 1 aromatic heterocycles. The van der Waals surface area contributed by atoms with Gasteiger partial charge in [-0.05, 0) is 42.1 Å². The van der Waals surface area contributed by atoms with E-state index in [0.29, 0.717) is 11.1 Å². The van der Waals surface area contributed by atoms with Crippen molar-refractivity contribution in [3.05, 3.63) is 46.6 Å². The van der Waals surface area contributed by atoms with Crippen LogP contribution in [0.3, 0.4) is 0 Å². The van der Waals surface area contributed by atoms with Crippen LogP contribution in [0.4, 0.5) is 4.39 Å². The second-order valence-electron chi connectivity index (χ2n) is 3.34. The van der Waals surface area contributed by atoms with Gasteiger partial charge in [-0.2, -0.15) is 0 Å². The molecule has 0 spiro atoms. The molecular formula is C12H9FOS. The molecule has 1 nitrogen and oxygen atoms in total. The van der Waals surface area contributed by atoms with Gasteiger partial charge in [-0.1, -0.05) is 0 Å². The molecule has 2 aromatic rings. The van der Waals surface area contributed by atoms with Crippen molar-refractivity contribution >= 4 is 17.6 Å². The van der Waals surface area contributed by atoms with Gasteiger partial charge in [0, 0.05) is 16.0 Å². The fraction of sp³-hybridized carbons (Fsp3) is 0.0833. The largest absolute Gasteiger partial charge is 0.298 e. The average molecular weight is 220 g/mol. The van der Waals surface area contributed by atoms with Gasteiger partial charge in [-0.3, -0.25) is 4.79 Å². The number of hydrogen-bond donors (Lipinski definition) is 0. The van der Waals surface area contributed by atoms with Gasteiger partial charge in [0.1, 0.15) is 5.82 Å². The maximum atomic E-state index is 13.1. The highest BCUT2D eigenvalue weighted by atomic mass is 32.1. The average Bonchev–Trinajstić information content (AvgIpc) is 2.65. The third-order valence-electron chi connectivity index (χ3n) is 2.14. The molecule has 76 valence electrons. The number of rotatable bonds is 2. The van der Waals surface area contributed by atoms with Crippen LogP contribution in [0.15, 0.2) is 29.6 Å². The van der Waals surface area contributed by atoms with Crippen molar-refractivity contribution in [3.63, 3.8) is 0 Å². The van der Waals surface area contributed by atoms with E-state index in [1.165, 1.54) is 29.5 Å². The number of halogens is 1. The maximum absolute atomic E-state index is 13.1. The van der Waals surface area contributed by atoms with Crippen LogP contribution in [-0.4, -0.2) is 6.29 Å². The Morgan fingerprint density at radius 2 is 2.13 bits per heavy atom. The van der Waals surface area contributed by atoms with Gasteiger partial charge in [0.25, 0.3) is 0 Å². The van der Waals surface area contributed by atoms with E-state index in [9.17, 15) is 9.18 Å². The van der Waals surface area contributed by atoms with Crippen LogP contribution >= 0.6 is 11.3 Å². The van der Waals surface area contributed by atoms with E-state index in [2.05, 4.69) is 0 Å². The van der Waals surface area contributed by atoms with Gasteiger partial charge in [-0.25, -0.2) is 4.39 Å². The third kappa shape index (κ3) is 1.97. The van der Waals surface area contributed by atoms with Gasteiger partial charge in [0.05, 0.1) is 0 Å². The number of carbonyl (C=O) groups excluding carboxylic acids is 1. The second kappa shape index (κ2) is 3.95. The smallest absolute Gasteiger partial charge is 0.150 e. The zero-order chi connectivity index (χ0) is 10.8. The standard InChI is InChI=1S/C12H9FOS/c1-8-4-12(15-7-8)11-5-10(13)3-2-9(11)6-14/h2-7H,1H3. The summed E-state index contributed by atoms with van der Waals surface area (Å²) in [5.74, 6) is -0.318. The first-order valence-electron chi connectivity index (χ1n) is 4.51. The molecule has 0 amide bonds. The Kier molecular flexibility index (Phi) is 2.64. The molecule has 0 atom stereocenters. The molecule has 0 bridgehead atoms. The van der Waals surface area contributed by atoms with Gasteiger partial charge in [0.2, 0.25) is 0 Å². The van der Waals surface area contributed by atoms with Crippen LogP contribution in [0, 0.1) is 12.7 Å². The van der Waals surface area contributed by atoms with E-state index >= 15 is 0 Å². The van der Waals surface area contributed by atoms with Crippen LogP contribution in [-0.2, 0) is 0 Å². The predicted molar refractivity (Wildman–Crippen MR) is 59.8 cm³/mol. The minimum Gasteiger partial charge on any atom is -0.298 e. The monoisotopic (exact) mass is 220 g/mol. The predicted octanol–water partition coefficient (Wildman–Crippen LogP) is 3.68. The first kappa shape index (κ1) is 10.1. The highest BCUT2D eigenvalue weighted by Gasteiger charge is 2.07. The van der Waals surface area contributed by atoms with E-state index in [-0.39, 0.29) is 5.82 Å². The Labute approximate surface area is 91.2 Å². The molecule has 0 fully saturated rings. The summed E-state index contributed by atoms with van der Waals surface area (Å²) < 4.78 is 13.1. The first-order valence-corrected chi connectivity index (χ1v) is 5.39. The minimum atomic E-state index is -0.318. The van der Waals surface area contributed by atoms with Crippen LogP contribution in [0.5, 0.6) is 0 Å². The third-order valence-corrected chi connectivity index (χ3v) is 3.22. The summed E-state index contributed by atoms with van der Waals surface area (Å²) in [6, 6.07) is 6.15. The molecule has 0 aliphatic carbocycles. The van der Waals surface area contributed by atoms with Crippen molar-refractivity contribution < 1.29 is 9.18 Å². The van der Waals surface area contributed by atoms with E-state index < -0.39 is 0 Å². The lowest BCUT2D eigenvalue weighted by Gasteiger charge is -2.01. The van der Waals surface area contributed by atoms with Crippen LogP contribution in [0.25, 0.3) is 10.4 Å². The van der Waals surface area contributed by atoms with Crippen LogP contribution in [0.2, 0.25) is 0 Å². The van der Waals surface area contributed by atoms with Gasteiger partial charge >= 0.3 is 0 Å². The summed E-state index contributed by atoms with van der Waals surface area (Å²) >= 11 is 1.52. The molecule has 0 aliphatic heterocycles. The second-order valence-corrected chi connectivity index (χ2v) is 4.25. The van der Waals surface area contributed by atoms with Gasteiger partial charge < -0.3 is 0 Å². The lowest BCUT2D eigenvalue weighted by Crippen LogP contribution is -1.86. The summed E-state index contributed by atoms with van der Waals surface area (Å²) in [4.78, 5) is 11.7. The number of aldehydes is 1. The molecule has 0 saturated carbocycles. The number of thiophene rings is 1. The minimum absolute atomic E-state index is 0.318. The lowest BCUT2D eigenvalue weighted by atomic mass is 10.1. The zero-order valence-electron chi connectivity index (χ0n) is 8.16. The van der Waals surface area contributed by atoms with Crippen molar-refractivity contribution in [3.8, 4) is 10.4 Å². The van der Waals surface area contributed by atoms with E-state index in [1.54, 1.807) is 0 Å². The summed E-state index contributed by atoms with van der Waals surface area (Å²) in [7, 11) is 0. The number of benzene rings is 1. The summed E-state index contributed by atoms with van der Waals surface area (Å²) in [5, 5.41) is 1.98. The molecule has 0 saturated heterocycles. The van der Waals surface area contributed by atoms with Crippen molar-refractivity contribution in [1.29, 1.82) is 0 Å². The molecular weight excluding hydrogens is 211 g/mol. The van der Waals surface area contributed by atoms with Crippen LogP contribution in [0.1, 0.15) is 15.9 Å². The van der Waals surface area contributed by atoms with Crippen molar-refractivity contribution in [1.82, 2.24) is 0 Å². The number of carbonyl (C=O) groups is 1. The Balaban J connectivity index is 2.59. The summed E-state index contributed by atoms with van der Waals surface area (Å²) in [6.45, 7) is 1.97. The first-order chi connectivity index (χ1) is 7.20. The van der Waals surface area contributed by atoms with Gasteiger partial charge in [0.15, 0.2) is 6.29 Å². The van der Waals surface area contributed by atoms with Crippen molar-refractivity contribution in [2.24, 2.45) is 0 Å². The molecule has 3 heteroatoms. The Morgan fingerprint density at radius 3 is 2.73 bits per heavy atom. The molecule has 0 N–H and O–H groups in total. The molecule has 0 radical (unpaired) electrons.